The first-order valence-corrected chi connectivity index (χ1v) is 7.81. The zero-order valence-electron chi connectivity index (χ0n) is 13.4. The van der Waals surface area contributed by atoms with Crippen LogP contribution in [0.5, 0.6) is 0 Å². The fourth-order valence-corrected chi connectivity index (χ4v) is 2.67. The number of ether oxygens (including phenoxy) is 1. The molecule has 140 valence electrons. The Kier molecular flexibility index (Phi) is 5.82. The predicted octanol–water partition coefficient (Wildman–Crippen LogP) is 3.95. The standard InChI is InChI=1S/C15H12Cl2F3N3O3/c1-7(14(25)26-2)13(24)22-11-3-4-21-23(11)12-9(16)5-8(6-10(12)17)15(18,19)20/h3-7H,1-2H3,(H,22,24). The Balaban J connectivity index is 2.40. The zero-order chi connectivity index (χ0) is 19.6. The maximum absolute atomic E-state index is 12.8. The van der Waals surface area contributed by atoms with Gasteiger partial charge in [-0.15, -0.1) is 0 Å². The van der Waals surface area contributed by atoms with Gasteiger partial charge in [0.25, 0.3) is 0 Å². The van der Waals surface area contributed by atoms with Crippen LogP contribution in [0.2, 0.25) is 10.0 Å². The van der Waals surface area contributed by atoms with E-state index in [1.165, 1.54) is 19.2 Å². The zero-order valence-corrected chi connectivity index (χ0v) is 14.9. The highest BCUT2D eigenvalue weighted by molar-refractivity contribution is 6.38. The lowest BCUT2D eigenvalue weighted by atomic mass is 10.1. The maximum atomic E-state index is 12.8. The Hall–Kier alpha value is -2.26. The van der Waals surface area contributed by atoms with Crippen molar-refractivity contribution in [1.29, 1.82) is 0 Å². The summed E-state index contributed by atoms with van der Waals surface area (Å²) in [6, 6.07) is 2.77. The molecule has 6 nitrogen and oxygen atoms in total. The van der Waals surface area contributed by atoms with Gasteiger partial charge in [-0.1, -0.05) is 23.2 Å². The quantitative estimate of drug-likeness (QED) is 0.612. The molecule has 1 unspecified atom stereocenters. The van der Waals surface area contributed by atoms with Crippen molar-refractivity contribution in [3.63, 3.8) is 0 Å². The van der Waals surface area contributed by atoms with Crippen molar-refractivity contribution in [1.82, 2.24) is 9.78 Å². The molecular weight excluding hydrogens is 398 g/mol. The molecule has 0 fully saturated rings. The van der Waals surface area contributed by atoms with Gasteiger partial charge in [0.15, 0.2) is 0 Å². The lowest BCUT2D eigenvalue weighted by molar-refractivity contribution is -0.148. The van der Waals surface area contributed by atoms with E-state index < -0.39 is 29.5 Å². The third kappa shape index (κ3) is 4.10. The number of alkyl halides is 3. The van der Waals surface area contributed by atoms with Crippen LogP contribution in [0.1, 0.15) is 12.5 Å². The number of aromatic nitrogens is 2. The number of esters is 1. The molecule has 1 N–H and O–H groups in total. The summed E-state index contributed by atoms with van der Waals surface area (Å²) in [5.41, 5.74) is -1.07. The van der Waals surface area contributed by atoms with E-state index in [1.807, 2.05) is 0 Å². The molecule has 1 amide bonds. The molecule has 1 aromatic heterocycles. The molecule has 0 radical (unpaired) electrons. The third-order valence-corrected chi connectivity index (χ3v) is 3.97. The van der Waals surface area contributed by atoms with E-state index in [0.717, 1.165) is 11.8 Å². The Bertz CT molecular complexity index is 829. The second kappa shape index (κ2) is 7.55. The summed E-state index contributed by atoms with van der Waals surface area (Å²) in [6.45, 7) is 1.33. The SMILES string of the molecule is COC(=O)C(C)C(=O)Nc1ccnn1-c1c(Cl)cc(C(F)(F)F)cc1Cl. The van der Waals surface area contributed by atoms with Crippen LogP contribution in [0, 0.1) is 5.92 Å². The summed E-state index contributed by atoms with van der Waals surface area (Å²) < 4.78 is 44.0. The van der Waals surface area contributed by atoms with Crippen molar-refractivity contribution in [3.05, 3.63) is 40.0 Å². The lowest BCUT2D eigenvalue weighted by Crippen LogP contribution is -2.29. The molecule has 2 rings (SSSR count). The van der Waals surface area contributed by atoms with Crippen LogP contribution in [0.3, 0.4) is 0 Å². The molecule has 0 aliphatic heterocycles. The number of carbonyl (C=O) groups is 2. The van der Waals surface area contributed by atoms with Crippen molar-refractivity contribution in [2.75, 3.05) is 12.4 Å². The highest BCUT2D eigenvalue weighted by atomic mass is 35.5. The second-order valence-corrected chi connectivity index (χ2v) is 5.96. The topological polar surface area (TPSA) is 73.2 Å². The number of hydrogen-bond donors (Lipinski definition) is 1. The van der Waals surface area contributed by atoms with Gasteiger partial charge < -0.3 is 10.1 Å². The molecule has 0 saturated carbocycles. The van der Waals surface area contributed by atoms with Gasteiger partial charge in [-0.25, -0.2) is 4.68 Å². The summed E-state index contributed by atoms with van der Waals surface area (Å²) in [5.74, 6) is -2.49. The van der Waals surface area contributed by atoms with E-state index in [0.29, 0.717) is 12.1 Å². The molecule has 0 saturated heterocycles. The van der Waals surface area contributed by atoms with Gasteiger partial charge in [0.1, 0.15) is 17.4 Å². The van der Waals surface area contributed by atoms with Crippen molar-refractivity contribution in [3.8, 4) is 5.69 Å². The van der Waals surface area contributed by atoms with Gasteiger partial charge in [-0.3, -0.25) is 9.59 Å². The average Bonchev–Trinajstić information content (AvgIpc) is 2.99. The molecule has 1 aromatic carbocycles. The van der Waals surface area contributed by atoms with E-state index in [1.54, 1.807) is 0 Å². The van der Waals surface area contributed by atoms with Crippen molar-refractivity contribution in [2.45, 2.75) is 13.1 Å². The van der Waals surface area contributed by atoms with E-state index in [9.17, 15) is 22.8 Å². The highest BCUT2D eigenvalue weighted by Crippen LogP contribution is 2.38. The molecule has 0 spiro atoms. The minimum Gasteiger partial charge on any atom is -0.468 e. The van der Waals surface area contributed by atoms with Gasteiger partial charge in [0.2, 0.25) is 5.91 Å². The normalized spacial score (nSPS) is 12.6. The van der Waals surface area contributed by atoms with E-state index in [-0.39, 0.29) is 21.6 Å². The Morgan fingerprint density at radius 3 is 2.35 bits per heavy atom. The van der Waals surface area contributed by atoms with Crippen LogP contribution in [-0.4, -0.2) is 28.8 Å². The smallest absolute Gasteiger partial charge is 0.416 e. The monoisotopic (exact) mass is 409 g/mol. The second-order valence-electron chi connectivity index (χ2n) is 5.15. The van der Waals surface area contributed by atoms with E-state index in [2.05, 4.69) is 15.2 Å². The Labute approximate surface area is 155 Å². The van der Waals surface area contributed by atoms with Gasteiger partial charge >= 0.3 is 12.1 Å². The molecular formula is C15H12Cl2F3N3O3. The van der Waals surface area contributed by atoms with Gasteiger partial charge in [0, 0.05) is 6.07 Å². The number of nitrogens with one attached hydrogen (secondary N) is 1. The number of benzene rings is 1. The predicted molar refractivity (Wildman–Crippen MR) is 88.4 cm³/mol. The first kappa shape index (κ1) is 20.1. The minimum absolute atomic E-state index is 0.0487. The number of halogens is 5. The molecule has 1 atom stereocenters. The molecule has 0 bridgehead atoms. The average molecular weight is 410 g/mol. The number of amides is 1. The third-order valence-electron chi connectivity index (χ3n) is 3.40. The summed E-state index contributed by atoms with van der Waals surface area (Å²) in [4.78, 5) is 23.5. The first-order chi connectivity index (χ1) is 12.1. The Morgan fingerprint density at radius 2 is 1.85 bits per heavy atom. The van der Waals surface area contributed by atoms with Crippen LogP contribution in [0.15, 0.2) is 24.4 Å². The number of nitrogens with zero attached hydrogens (tertiary/aromatic N) is 2. The van der Waals surface area contributed by atoms with E-state index in [4.69, 9.17) is 23.2 Å². The largest absolute Gasteiger partial charge is 0.468 e. The van der Waals surface area contributed by atoms with Gasteiger partial charge in [0.05, 0.1) is 28.9 Å². The lowest BCUT2D eigenvalue weighted by Gasteiger charge is -2.15. The van der Waals surface area contributed by atoms with Crippen molar-refractivity contribution in [2.24, 2.45) is 5.92 Å². The summed E-state index contributed by atoms with van der Waals surface area (Å²) in [5, 5.41) is 5.71. The van der Waals surface area contributed by atoms with Crippen LogP contribution < -0.4 is 5.32 Å². The number of carbonyl (C=O) groups excluding carboxylic acids is 2. The van der Waals surface area contributed by atoms with Crippen LogP contribution in [-0.2, 0) is 20.5 Å². The summed E-state index contributed by atoms with van der Waals surface area (Å²) in [7, 11) is 1.14. The number of rotatable bonds is 4. The van der Waals surface area contributed by atoms with E-state index >= 15 is 0 Å². The molecule has 2 aromatic rings. The summed E-state index contributed by atoms with van der Waals surface area (Å²) >= 11 is 11.9. The molecule has 1 heterocycles. The fourth-order valence-electron chi connectivity index (χ4n) is 2.03. The van der Waals surface area contributed by atoms with Crippen molar-refractivity contribution >= 4 is 40.9 Å². The van der Waals surface area contributed by atoms with Gasteiger partial charge in [-0.05, 0) is 19.1 Å². The number of hydrogen-bond acceptors (Lipinski definition) is 4. The Morgan fingerprint density at radius 1 is 1.27 bits per heavy atom. The highest BCUT2D eigenvalue weighted by Gasteiger charge is 2.32. The van der Waals surface area contributed by atoms with Gasteiger partial charge in [-0.2, -0.15) is 18.3 Å². The first-order valence-electron chi connectivity index (χ1n) is 7.05. The van der Waals surface area contributed by atoms with Crippen LogP contribution in [0.25, 0.3) is 5.69 Å². The minimum atomic E-state index is -4.62. The molecule has 0 aliphatic rings. The molecule has 11 heteroatoms. The number of methoxy groups -OCH3 is 1. The van der Waals surface area contributed by atoms with Crippen molar-refractivity contribution < 1.29 is 27.5 Å². The van der Waals surface area contributed by atoms with Crippen LogP contribution >= 0.6 is 23.2 Å². The molecule has 26 heavy (non-hydrogen) atoms. The fraction of sp³-hybridized carbons (Fsp3) is 0.267. The number of anilines is 1. The van der Waals surface area contributed by atoms with Crippen LogP contribution in [0.4, 0.5) is 19.0 Å². The summed E-state index contributed by atoms with van der Waals surface area (Å²) in [6.07, 6.45) is -3.34. The molecule has 0 aliphatic carbocycles. The maximum Gasteiger partial charge on any atom is 0.416 e.